The highest BCUT2D eigenvalue weighted by molar-refractivity contribution is 5.92. The standard InChI is InChI=1S/C38H62N6O11/c1-20(28(45)40-26-18-12-15-23(26)31(48)43-38(8,9)34(51)53-10)39-30(47)22-14-11-17-25(22)41-29(46)21(2)54-32(49)24-16-13-19-27(24)42-33(50)37(6,7)44-35(52)55-36(3,4)5/h20-27H,11-19H2,1-10H3,(H,39,47)(H,40,45)(H,41,46)(H,42,50)(H,43,48)(H,44,52)/t20-,21-,22-,23-,24-,25-,26-,27-/m0/s1. The van der Waals surface area contributed by atoms with E-state index in [1.807, 2.05) is 0 Å². The molecular formula is C38H62N6O11. The molecule has 3 fully saturated rings. The number of hydrogen-bond donors (Lipinski definition) is 6. The molecule has 0 unspecified atom stereocenters. The van der Waals surface area contributed by atoms with Crippen LogP contribution in [0.15, 0.2) is 0 Å². The minimum atomic E-state index is -1.33. The summed E-state index contributed by atoms with van der Waals surface area (Å²) in [6, 6.07) is -2.53. The summed E-state index contributed by atoms with van der Waals surface area (Å²) in [6.07, 6.45) is 3.08. The summed E-state index contributed by atoms with van der Waals surface area (Å²) in [6.45, 7) is 14.2. The van der Waals surface area contributed by atoms with Crippen LogP contribution in [-0.2, 0) is 47.8 Å². The van der Waals surface area contributed by atoms with Gasteiger partial charge in [-0.25, -0.2) is 9.59 Å². The predicted molar refractivity (Wildman–Crippen MR) is 199 cm³/mol. The summed E-state index contributed by atoms with van der Waals surface area (Å²) in [5.74, 6) is -5.44. The van der Waals surface area contributed by atoms with Gasteiger partial charge >= 0.3 is 18.0 Å². The SMILES string of the molecule is COC(=O)C(C)(C)NC(=O)[C@H]1CCC[C@@H]1NC(=O)[C@H](C)NC(=O)[C@H]1CCC[C@@H]1NC(=O)[C@H](C)OC(=O)[C@H]1CCC[C@@H]1NC(=O)C(C)(C)NC(=O)OC(C)(C)C. The van der Waals surface area contributed by atoms with Gasteiger partial charge in [-0.2, -0.15) is 0 Å². The fourth-order valence-electron chi connectivity index (χ4n) is 7.29. The lowest BCUT2D eigenvalue weighted by Crippen LogP contribution is -2.58. The zero-order chi connectivity index (χ0) is 41.5. The molecule has 0 radical (unpaired) electrons. The number of carbonyl (C=O) groups excluding carboxylic acids is 8. The molecule has 0 spiro atoms. The van der Waals surface area contributed by atoms with Crippen molar-refractivity contribution in [2.75, 3.05) is 7.11 Å². The van der Waals surface area contributed by atoms with Gasteiger partial charge in [0.25, 0.3) is 5.91 Å². The van der Waals surface area contributed by atoms with Crippen molar-refractivity contribution >= 4 is 47.6 Å². The van der Waals surface area contributed by atoms with E-state index < -0.39 is 106 Å². The largest absolute Gasteiger partial charge is 0.467 e. The van der Waals surface area contributed by atoms with Gasteiger partial charge in [0, 0.05) is 18.1 Å². The first-order chi connectivity index (χ1) is 25.5. The Hall–Kier alpha value is -4.44. The third-order valence-corrected chi connectivity index (χ3v) is 10.4. The van der Waals surface area contributed by atoms with Crippen molar-refractivity contribution in [2.24, 2.45) is 17.8 Å². The molecule has 3 rings (SSSR count). The molecule has 8 atom stereocenters. The monoisotopic (exact) mass is 778 g/mol. The van der Waals surface area contributed by atoms with E-state index in [-0.39, 0.29) is 5.91 Å². The van der Waals surface area contributed by atoms with Gasteiger partial charge in [-0.3, -0.25) is 28.8 Å². The summed E-state index contributed by atoms with van der Waals surface area (Å²) >= 11 is 0. The predicted octanol–water partition coefficient (Wildman–Crippen LogP) is 1.65. The van der Waals surface area contributed by atoms with Crippen LogP contribution < -0.4 is 31.9 Å². The average molecular weight is 779 g/mol. The molecule has 0 aromatic rings. The normalized spacial score (nSPS) is 25.1. The Morgan fingerprint density at radius 3 is 1.62 bits per heavy atom. The highest BCUT2D eigenvalue weighted by Gasteiger charge is 2.42. The number of esters is 2. The highest BCUT2D eigenvalue weighted by Crippen LogP contribution is 2.30. The first-order valence-electron chi connectivity index (χ1n) is 19.3. The Balaban J connectivity index is 1.50. The second kappa shape index (κ2) is 18.5. The molecule has 3 aliphatic rings. The Bertz CT molecular complexity index is 1470. The van der Waals surface area contributed by atoms with E-state index in [1.165, 1.54) is 41.7 Å². The van der Waals surface area contributed by atoms with Gasteiger partial charge in [-0.15, -0.1) is 0 Å². The third kappa shape index (κ3) is 12.5. The zero-order valence-electron chi connectivity index (χ0n) is 34.0. The van der Waals surface area contributed by atoms with Gasteiger partial charge < -0.3 is 46.1 Å². The Kier molecular flexibility index (Phi) is 15.1. The number of nitrogens with one attached hydrogen (secondary N) is 6. The molecule has 0 aromatic carbocycles. The molecule has 0 bridgehead atoms. The average Bonchev–Trinajstić information content (AvgIpc) is 3.84. The minimum absolute atomic E-state index is 0.372. The number of alkyl carbamates (subject to hydrolysis) is 1. The molecule has 3 saturated carbocycles. The molecule has 0 aromatic heterocycles. The maximum atomic E-state index is 13.3. The number of ether oxygens (including phenoxy) is 3. The highest BCUT2D eigenvalue weighted by atomic mass is 16.6. The fourth-order valence-corrected chi connectivity index (χ4v) is 7.29. The number of amides is 6. The lowest BCUT2D eigenvalue weighted by atomic mass is 9.98. The van der Waals surface area contributed by atoms with Crippen LogP contribution in [-0.4, -0.2) is 102 Å². The van der Waals surface area contributed by atoms with Crippen molar-refractivity contribution in [3.8, 4) is 0 Å². The lowest BCUT2D eigenvalue weighted by molar-refractivity contribution is -0.159. The first kappa shape index (κ1) is 45.0. The minimum Gasteiger partial charge on any atom is -0.467 e. The molecule has 0 saturated heterocycles. The van der Waals surface area contributed by atoms with Crippen molar-refractivity contribution in [2.45, 2.75) is 167 Å². The topological polar surface area (TPSA) is 236 Å². The Labute approximate surface area is 323 Å². The summed E-state index contributed by atoms with van der Waals surface area (Å²) < 4.78 is 15.6. The molecule has 6 N–H and O–H groups in total. The van der Waals surface area contributed by atoms with Gasteiger partial charge in [0.15, 0.2) is 6.10 Å². The third-order valence-electron chi connectivity index (χ3n) is 10.4. The van der Waals surface area contributed by atoms with Crippen LogP contribution in [0.1, 0.15) is 120 Å². The van der Waals surface area contributed by atoms with Gasteiger partial charge in [0.1, 0.15) is 22.7 Å². The van der Waals surface area contributed by atoms with Crippen LogP contribution in [0.25, 0.3) is 0 Å². The summed E-state index contributed by atoms with van der Waals surface area (Å²) in [5, 5.41) is 16.6. The van der Waals surface area contributed by atoms with E-state index in [9.17, 15) is 38.4 Å². The van der Waals surface area contributed by atoms with E-state index in [0.29, 0.717) is 57.8 Å². The van der Waals surface area contributed by atoms with Gasteiger partial charge in [-0.05, 0) is 101 Å². The maximum absolute atomic E-state index is 13.3. The molecule has 310 valence electrons. The van der Waals surface area contributed by atoms with Crippen molar-refractivity contribution in [3.63, 3.8) is 0 Å². The van der Waals surface area contributed by atoms with Gasteiger partial charge in [0.05, 0.1) is 24.9 Å². The quantitative estimate of drug-likeness (QED) is 0.110. The second-order valence-corrected chi connectivity index (χ2v) is 17.1. The summed E-state index contributed by atoms with van der Waals surface area (Å²) in [5.41, 5.74) is -3.32. The fraction of sp³-hybridized carbons (Fsp3) is 0.789. The van der Waals surface area contributed by atoms with E-state index in [1.54, 1.807) is 27.7 Å². The van der Waals surface area contributed by atoms with Crippen LogP contribution in [0.4, 0.5) is 4.79 Å². The van der Waals surface area contributed by atoms with Gasteiger partial charge in [-0.1, -0.05) is 19.3 Å². The van der Waals surface area contributed by atoms with E-state index >= 15 is 0 Å². The number of hydrogen-bond acceptors (Lipinski definition) is 11. The van der Waals surface area contributed by atoms with E-state index in [4.69, 9.17) is 14.2 Å². The van der Waals surface area contributed by atoms with Crippen molar-refractivity contribution < 1.29 is 52.6 Å². The molecule has 6 amide bonds. The summed E-state index contributed by atoms with van der Waals surface area (Å²) in [7, 11) is 1.24. The number of carbonyl (C=O) groups is 8. The summed E-state index contributed by atoms with van der Waals surface area (Å²) in [4.78, 5) is 103. The number of rotatable bonds is 14. The van der Waals surface area contributed by atoms with Crippen LogP contribution in [0, 0.1) is 17.8 Å². The molecule has 0 heterocycles. The molecule has 55 heavy (non-hydrogen) atoms. The smallest absolute Gasteiger partial charge is 0.408 e. The zero-order valence-corrected chi connectivity index (χ0v) is 34.0. The lowest BCUT2D eigenvalue weighted by Gasteiger charge is -2.30. The Morgan fingerprint density at radius 1 is 0.600 bits per heavy atom. The number of methoxy groups -OCH3 is 1. The van der Waals surface area contributed by atoms with Crippen LogP contribution >= 0.6 is 0 Å². The van der Waals surface area contributed by atoms with Crippen molar-refractivity contribution in [1.29, 1.82) is 0 Å². The molecule has 0 aliphatic heterocycles. The van der Waals surface area contributed by atoms with E-state index in [2.05, 4.69) is 31.9 Å². The maximum Gasteiger partial charge on any atom is 0.408 e. The second-order valence-electron chi connectivity index (χ2n) is 17.1. The Morgan fingerprint density at radius 2 is 1.09 bits per heavy atom. The van der Waals surface area contributed by atoms with Crippen molar-refractivity contribution in [3.05, 3.63) is 0 Å². The van der Waals surface area contributed by atoms with Gasteiger partial charge in [0.2, 0.25) is 23.6 Å². The molecular weight excluding hydrogens is 716 g/mol. The molecule has 3 aliphatic carbocycles. The molecule has 17 heteroatoms. The van der Waals surface area contributed by atoms with Crippen LogP contribution in [0.3, 0.4) is 0 Å². The van der Waals surface area contributed by atoms with E-state index in [0.717, 1.165) is 0 Å². The molecule has 17 nitrogen and oxygen atoms in total. The van der Waals surface area contributed by atoms with Crippen LogP contribution in [0.2, 0.25) is 0 Å². The van der Waals surface area contributed by atoms with Crippen LogP contribution in [0.5, 0.6) is 0 Å². The van der Waals surface area contributed by atoms with Crippen molar-refractivity contribution in [1.82, 2.24) is 31.9 Å². The first-order valence-corrected chi connectivity index (χ1v) is 19.3.